The smallest absolute Gasteiger partial charge is 0.326 e. The van der Waals surface area contributed by atoms with E-state index in [9.17, 15) is 4.79 Å². The van der Waals surface area contributed by atoms with Crippen molar-refractivity contribution in [2.24, 2.45) is 5.73 Å². The van der Waals surface area contributed by atoms with Gasteiger partial charge in [0.05, 0.1) is 13.2 Å². The van der Waals surface area contributed by atoms with E-state index in [1.165, 1.54) is 0 Å². The van der Waals surface area contributed by atoms with Crippen molar-refractivity contribution < 1.29 is 14.3 Å². The van der Waals surface area contributed by atoms with Crippen LogP contribution in [0.1, 0.15) is 26.3 Å². The maximum atomic E-state index is 12.3. The van der Waals surface area contributed by atoms with Crippen LogP contribution in [0.15, 0.2) is 30.3 Å². The third kappa shape index (κ3) is 9.62. The number of hydrogen-bond donors (Lipinski definition) is 3. The highest BCUT2D eigenvalue weighted by molar-refractivity contribution is 5.76. The quantitative estimate of drug-likeness (QED) is 0.413. The topological polar surface area (TPSA) is 85.6 Å². The molecule has 1 atom stereocenters. The summed E-state index contributed by atoms with van der Waals surface area (Å²) in [5, 5.41) is 6.36. The molecule has 1 unspecified atom stereocenters. The van der Waals surface area contributed by atoms with E-state index in [-0.39, 0.29) is 12.6 Å². The second kappa shape index (κ2) is 11.1. The Morgan fingerprint density at radius 1 is 1.17 bits per heavy atom. The van der Waals surface area contributed by atoms with Gasteiger partial charge in [0.2, 0.25) is 0 Å². The number of esters is 1. The molecule has 0 heterocycles. The van der Waals surface area contributed by atoms with Crippen LogP contribution < -0.4 is 16.4 Å². The molecule has 0 radical (unpaired) electrons. The fourth-order valence-corrected chi connectivity index (χ4v) is 2.01. The van der Waals surface area contributed by atoms with E-state index in [0.717, 1.165) is 18.7 Å². The molecule has 0 bridgehead atoms. The molecule has 0 aliphatic heterocycles. The van der Waals surface area contributed by atoms with Crippen molar-refractivity contribution in [3.05, 3.63) is 35.9 Å². The van der Waals surface area contributed by atoms with E-state index in [4.69, 9.17) is 15.2 Å². The van der Waals surface area contributed by atoms with E-state index in [1.54, 1.807) is 0 Å². The zero-order valence-corrected chi connectivity index (χ0v) is 15.0. The Morgan fingerprint density at radius 2 is 1.88 bits per heavy atom. The Morgan fingerprint density at radius 3 is 2.50 bits per heavy atom. The maximum Gasteiger partial charge on any atom is 0.326 e. The summed E-state index contributed by atoms with van der Waals surface area (Å²) in [6.45, 7) is 9.02. The van der Waals surface area contributed by atoms with Crippen LogP contribution >= 0.6 is 0 Å². The van der Waals surface area contributed by atoms with Gasteiger partial charge in [0.15, 0.2) is 0 Å². The first-order valence-corrected chi connectivity index (χ1v) is 8.41. The van der Waals surface area contributed by atoms with Crippen LogP contribution in [0.3, 0.4) is 0 Å². The predicted octanol–water partition coefficient (Wildman–Crippen LogP) is 1.05. The van der Waals surface area contributed by atoms with Crippen LogP contribution in [-0.2, 0) is 20.9 Å². The summed E-state index contributed by atoms with van der Waals surface area (Å²) < 4.78 is 11.2. The minimum absolute atomic E-state index is 0.265. The minimum Gasteiger partial charge on any atom is -0.459 e. The first-order valence-electron chi connectivity index (χ1n) is 8.41. The first kappa shape index (κ1) is 20.6. The van der Waals surface area contributed by atoms with Gasteiger partial charge in [-0.25, -0.2) is 0 Å². The number of carbonyl (C=O) groups is 1. The molecule has 1 rings (SSSR count). The predicted molar refractivity (Wildman–Crippen MR) is 95.7 cm³/mol. The largest absolute Gasteiger partial charge is 0.459 e. The average molecular weight is 337 g/mol. The molecule has 0 spiro atoms. The summed E-state index contributed by atoms with van der Waals surface area (Å²) in [7, 11) is 0. The Bertz CT molecular complexity index is 460. The molecule has 0 saturated heterocycles. The highest BCUT2D eigenvalue weighted by Gasteiger charge is 2.24. The number of hydrogen-bond acceptors (Lipinski definition) is 6. The molecule has 136 valence electrons. The van der Waals surface area contributed by atoms with Gasteiger partial charge in [0, 0.05) is 26.2 Å². The Labute approximate surface area is 145 Å². The molecular formula is C18H31N3O3. The van der Waals surface area contributed by atoms with E-state index in [2.05, 4.69) is 10.6 Å². The van der Waals surface area contributed by atoms with Crippen molar-refractivity contribution in [3.63, 3.8) is 0 Å². The Balaban J connectivity index is 2.45. The molecule has 6 nitrogen and oxygen atoms in total. The molecule has 0 saturated carbocycles. The second-order valence-electron chi connectivity index (χ2n) is 6.58. The molecule has 1 aromatic rings. The lowest BCUT2D eigenvalue weighted by atomic mass is 10.2. The van der Waals surface area contributed by atoms with Gasteiger partial charge in [0.25, 0.3) is 0 Å². The summed E-state index contributed by atoms with van der Waals surface area (Å²) in [4.78, 5) is 12.3. The molecular weight excluding hydrogens is 306 g/mol. The van der Waals surface area contributed by atoms with Gasteiger partial charge < -0.3 is 25.8 Å². The lowest BCUT2D eigenvalue weighted by molar-refractivity contribution is -0.159. The van der Waals surface area contributed by atoms with Crippen LogP contribution in [0.4, 0.5) is 0 Å². The minimum atomic E-state index is -0.520. The SMILES string of the molecule is CC(C)(C)OC(=O)C(COCc1ccccc1)NCCNCCN. The summed E-state index contributed by atoms with van der Waals surface area (Å²) in [5.41, 5.74) is 5.99. The molecule has 0 aliphatic rings. The number of benzene rings is 1. The summed E-state index contributed by atoms with van der Waals surface area (Å²) in [6, 6.07) is 9.38. The standard InChI is InChI=1S/C18H31N3O3/c1-18(2,3)24-17(22)16(21-12-11-20-10-9-19)14-23-13-15-7-5-4-6-8-15/h4-8,16,20-21H,9-14,19H2,1-3H3. The lowest BCUT2D eigenvalue weighted by Crippen LogP contribution is -2.46. The summed E-state index contributed by atoms with van der Waals surface area (Å²) in [5.74, 6) is -0.297. The lowest BCUT2D eigenvalue weighted by Gasteiger charge is -2.24. The van der Waals surface area contributed by atoms with E-state index < -0.39 is 11.6 Å². The zero-order valence-electron chi connectivity index (χ0n) is 15.0. The number of nitrogens with one attached hydrogen (secondary N) is 2. The van der Waals surface area contributed by atoms with Gasteiger partial charge in [-0.15, -0.1) is 0 Å². The first-order chi connectivity index (χ1) is 11.4. The Kier molecular flexibility index (Phi) is 9.56. The molecule has 0 amide bonds. The van der Waals surface area contributed by atoms with Crippen LogP contribution in [0.5, 0.6) is 0 Å². The van der Waals surface area contributed by atoms with Gasteiger partial charge in [-0.05, 0) is 26.3 Å². The average Bonchev–Trinajstić information content (AvgIpc) is 2.52. The maximum absolute atomic E-state index is 12.3. The van der Waals surface area contributed by atoms with Crippen molar-refractivity contribution >= 4 is 5.97 Å². The van der Waals surface area contributed by atoms with Gasteiger partial charge in [-0.3, -0.25) is 4.79 Å². The highest BCUT2D eigenvalue weighted by atomic mass is 16.6. The molecule has 4 N–H and O–H groups in total. The van der Waals surface area contributed by atoms with E-state index in [1.807, 2.05) is 51.1 Å². The molecule has 0 fully saturated rings. The summed E-state index contributed by atoms with van der Waals surface area (Å²) in [6.07, 6.45) is 0. The van der Waals surface area contributed by atoms with Crippen LogP contribution in [0, 0.1) is 0 Å². The van der Waals surface area contributed by atoms with Crippen molar-refractivity contribution in [2.45, 2.75) is 39.0 Å². The molecule has 0 aromatic heterocycles. The molecule has 0 aliphatic carbocycles. The monoisotopic (exact) mass is 337 g/mol. The third-order valence-corrected chi connectivity index (χ3v) is 3.10. The zero-order chi connectivity index (χ0) is 17.8. The van der Waals surface area contributed by atoms with Gasteiger partial charge in [0.1, 0.15) is 11.6 Å². The van der Waals surface area contributed by atoms with Crippen molar-refractivity contribution in [3.8, 4) is 0 Å². The number of nitrogens with two attached hydrogens (primary N) is 1. The van der Waals surface area contributed by atoms with Crippen molar-refractivity contribution in [2.75, 3.05) is 32.8 Å². The fraction of sp³-hybridized carbons (Fsp3) is 0.611. The molecule has 1 aromatic carbocycles. The van der Waals surface area contributed by atoms with Crippen molar-refractivity contribution in [1.29, 1.82) is 0 Å². The van der Waals surface area contributed by atoms with Crippen LogP contribution in [0.25, 0.3) is 0 Å². The molecule has 6 heteroatoms. The van der Waals surface area contributed by atoms with E-state index >= 15 is 0 Å². The van der Waals surface area contributed by atoms with Crippen molar-refractivity contribution in [1.82, 2.24) is 10.6 Å². The van der Waals surface area contributed by atoms with Gasteiger partial charge in [-0.2, -0.15) is 0 Å². The van der Waals surface area contributed by atoms with E-state index in [0.29, 0.717) is 19.7 Å². The number of carbonyl (C=O) groups excluding carboxylic acids is 1. The number of rotatable bonds is 11. The van der Waals surface area contributed by atoms with Gasteiger partial charge >= 0.3 is 5.97 Å². The van der Waals surface area contributed by atoms with Crippen LogP contribution in [-0.4, -0.2) is 50.4 Å². The highest BCUT2D eigenvalue weighted by Crippen LogP contribution is 2.09. The van der Waals surface area contributed by atoms with Crippen LogP contribution in [0.2, 0.25) is 0 Å². The summed E-state index contributed by atoms with van der Waals surface area (Å²) >= 11 is 0. The second-order valence-corrected chi connectivity index (χ2v) is 6.58. The third-order valence-electron chi connectivity index (χ3n) is 3.10. The molecule has 24 heavy (non-hydrogen) atoms. The number of ether oxygens (including phenoxy) is 2. The van der Waals surface area contributed by atoms with Gasteiger partial charge in [-0.1, -0.05) is 30.3 Å². The fourth-order valence-electron chi connectivity index (χ4n) is 2.01. The Hall–Kier alpha value is -1.47. The normalized spacial score (nSPS) is 12.8.